The van der Waals surface area contributed by atoms with Gasteiger partial charge < -0.3 is 10.0 Å². The molecule has 0 spiro atoms. The molecule has 0 fully saturated rings. The fraction of sp³-hybridized carbons (Fsp3) is 0.471. The second kappa shape index (κ2) is 8.54. The van der Waals surface area contributed by atoms with Crippen molar-refractivity contribution in [3.05, 3.63) is 41.5 Å². The summed E-state index contributed by atoms with van der Waals surface area (Å²) in [4.78, 5) is 14.0. The summed E-state index contributed by atoms with van der Waals surface area (Å²) < 4.78 is 0. The van der Waals surface area contributed by atoms with Crippen LogP contribution in [0.1, 0.15) is 37.8 Å². The SMILES string of the molecule is CCC(CC)N(CCO)C(=O)C=Cc1cccc(C)c1. The van der Waals surface area contributed by atoms with Crippen molar-refractivity contribution in [2.75, 3.05) is 13.2 Å². The molecule has 0 saturated heterocycles. The van der Waals surface area contributed by atoms with Crippen LogP contribution < -0.4 is 0 Å². The molecule has 0 radical (unpaired) electrons. The van der Waals surface area contributed by atoms with Crippen molar-refractivity contribution < 1.29 is 9.90 Å². The maximum atomic E-state index is 12.3. The molecule has 1 rings (SSSR count). The molecular weight excluding hydrogens is 250 g/mol. The Balaban J connectivity index is 2.80. The number of carbonyl (C=O) groups is 1. The fourth-order valence-electron chi connectivity index (χ4n) is 2.35. The molecule has 0 aliphatic rings. The molecule has 3 heteroatoms. The van der Waals surface area contributed by atoms with Crippen LogP contribution in [0.15, 0.2) is 30.3 Å². The zero-order valence-corrected chi connectivity index (χ0v) is 12.7. The van der Waals surface area contributed by atoms with Crippen molar-refractivity contribution in [3.63, 3.8) is 0 Å². The van der Waals surface area contributed by atoms with Crippen LogP contribution in [0.4, 0.5) is 0 Å². The van der Waals surface area contributed by atoms with Crippen LogP contribution >= 0.6 is 0 Å². The second-order valence-corrected chi connectivity index (χ2v) is 4.97. The van der Waals surface area contributed by atoms with Gasteiger partial charge in [0.05, 0.1) is 6.61 Å². The monoisotopic (exact) mass is 275 g/mol. The molecule has 0 heterocycles. The smallest absolute Gasteiger partial charge is 0.246 e. The van der Waals surface area contributed by atoms with Crippen LogP contribution in [0.5, 0.6) is 0 Å². The minimum Gasteiger partial charge on any atom is -0.395 e. The van der Waals surface area contributed by atoms with Crippen molar-refractivity contribution in [1.29, 1.82) is 0 Å². The van der Waals surface area contributed by atoms with Gasteiger partial charge in [-0.05, 0) is 31.4 Å². The summed E-state index contributed by atoms with van der Waals surface area (Å²) in [5, 5.41) is 9.13. The Hall–Kier alpha value is -1.61. The lowest BCUT2D eigenvalue weighted by molar-refractivity contribution is -0.128. The van der Waals surface area contributed by atoms with E-state index in [1.807, 2.05) is 37.3 Å². The summed E-state index contributed by atoms with van der Waals surface area (Å²) >= 11 is 0. The Bertz CT molecular complexity index is 450. The van der Waals surface area contributed by atoms with Crippen molar-refractivity contribution in [1.82, 2.24) is 4.90 Å². The third-order valence-corrected chi connectivity index (χ3v) is 3.47. The molecule has 1 amide bonds. The maximum Gasteiger partial charge on any atom is 0.246 e. The first-order valence-electron chi connectivity index (χ1n) is 7.28. The van der Waals surface area contributed by atoms with Gasteiger partial charge in [0.1, 0.15) is 0 Å². The highest BCUT2D eigenvalue weighted by Crippen LogP contribution is 2.11. The van der Waals surface area contributed by atoms with Crippen LogP contribution in [0.3, 0.4) is 0 Å². The Morgan fingerprint density at radius 2 is 2.05 bits per heavy atom. The van der Waals surface area contributed by atoms with Gasteiger partial charge in [-0.1, -0.05) is 43.7 Å². The molecule has 1 aromatic carbocycles. The number of rotatable bonds is 7. The van der Waals surface area contributed by atoms with Gasteiger partial charge in [-0.2, -0.15) is 0 Å². The van der Waals surface area contributed by atoms with Crippen LogP contribution in [-0.4, -0.2) is 35.1 Å². The number of aliphatic hydroxyl groups excluding tert-OH is 1. The van der Waals surface area contributed by atoms with E-state index in [4.69, 9.17) is 5.11 Å². The number of hydrogen-bond donors (Lipinski definition) is 1. The minimum absolute atomic E-state index is 0.000521. The van der Waals surface area contributed by atoms with Gasteiger partial charge in [0, 0.05) is 18.7 Å². The highest BCUT2D eigenvalue weighted by molar-refractivity contribution is 5.92. The molecule has 0 atom stereocenters. The van der Waals surface area contributed by atoms with Gasteiger partial charge in [-0.25, -0.2) is 0 Å². The maximum absolute atomic E-state index is 12.3. The highest BCUT2D eigenvalue weighted by Gasteiger charge is 2.18. The Morgan fingerprint density at radius 3 is 2.60 bits per heavy atom. The van der Waals surface area contributed by atoms with E-state index in [0.29, 0.717) is 6.54 Å². The Labute approximate surface area is 121 Å². The van der Waals surface area contributed by atoms with Crippen molar-refractivity contribution in [2.45, 2.75) is 39.7 Å². The van der Waals surface area contributed by atoms with E-state index in [0.717, 1.165) is 18.4 Å². The standard InChI is InChI=1S/C17H25NO2/c1-4-16(5-2)18(11-12-19)17(20)10-9-15-8-6-7-14(3)13-15/h6-10,13,16,19H,4-5,11-12H2,1-3H3. The number of carbonyl (C=O) groups excluding carboxylic acids is 1. The van der Waals surface area contributed by atoms with Crippen LogP contribution in [0, 0.1) is 6.92 Å². The van der Waals surface area contributed by atoms with Gasteiger partial charge in [0.25, 0.3) is 0 Å². The van der Waals surface area contributed by atoms with Crippen molar-refractivity contribution in [3.8, 4) is 0 Å². The third-order valence-electron chi connectivity index (χ3n) is 3.47. The summed E-state index contributed by atoms with van der Waals surface area (Å²) in [5.74, 6) is -0.0331. The molecule has 1 N–H and O–H groups in total. The first-order chi connectivity index (χ1) is 9.62. The zero-order chi connectivity index (χ0) is 15.0. The highest BCUT2D eigenvalue weighted by atomic mass is 16.3. The predicted octanol–water partition coefficient (Wildman–Crippen LogP) is 3.02. The number of aliphatic hydroxyl groups is 1. The summed E-state index contributed by atoms with van der Waals surface area (Å²) in [7, 11) is 0. The number of nitrogens with zero attached hydrogens (tertiary/aromatic N) is 1. The van der Waals surface area contributed by atoms with Gasteiger partial charge in [-0.3, -0.25) is 4.79 Å². The van der Waals surface area contributed by atoms with E-state index in [1.165, 1.54) is 5.56 Å². The van der Waals surface area contributed by atoms with E-state index >= 15 is 0 Å². The fourth-order valence-corrected chi connectivity index (χ4v) is 2.35. The molecule has 0 aliphatic heterocycles. The van der Waals surface area contributed by atoms with E-state index < -0.39 is 0 Å². The molecule has 1 aromatic rings. The van der Waals surface area contributed by atoms with Crippen molar-refractivity contribution >= 4 is 12.0 Å². The van der Waals surface area contributed by atoms with Crippen molar-refractivity contribution in [2.24, 2.45) is 0 Å². The molecule has 3 nitrogen and oxygen atoms in total. The summed E-state index contributed by atoms with van der Waals surface area (Å²) in [6.07, 6.45) is 5.24. The van der Waals surface area contributed by atoms with Gasteiger partial charge in [-0.15, -0.1) is 0 Å². The largest absolute Gasteiger partial charge is 0.395 e. The average molecular weight is 275 g/mol. The van der Waals surface area contributed by atoms with E-state index in [2.05, 4.69) is 13.8 Å². The predicted molar refractivity (Wildman–Crippen MR) is 83.4 cm³/mol. The molecule has 0 aliphatic carbocycles. The number of benzene rings is 1. The molecule has 0 saturated carbocycles. The first kappa shape index (κ1) is 16.4. The molecular formula is C17H25NO2. The minimum atomic E-state index is -0.0331. The average Bonchev–Trinajstić information content (AvgIpc) is 2.45. The molecule has 0 bridgehead atoms. The Kier molecular flexibility index (Phi) is 7.02. The van der Waals surface area contributed by atoms with Crippen LogP contribution in [-0.2, 0) is 4.79 Å². The van der Waals surface area contributed by atoms with E-state index in [9.17, 15) is 4.79 Å². The zero-order valence-electron chi connectivity index (χ0n) is 12.7. The summed E-state index contributed by atoms with van der Waals surface area (Å²) in [5.41, 5.74) is 2.19. The van der Waals surface area contributed by atoms with Gasteiger partial charge >= 0.3 is 0 Å². The Morgan fingerprint density at radius 1 is 1.35 bits per heavy atom. The van der Waals surface area contributed by atoms with Gasteiger partial charge in [0.2, 0.25) is 5.91 Å². The normalized spacial score (nSPS) is 11.2. The number of amides is 1. The molecule has 0 aromatic heterocycles. The lowest BCUT2D eigenvalue weighted by Gasteiger charge is -2.29. The number of hydrogen-bond acceptors (Lipinski definition) is 2. The van der Waals surface area contributed by atoms with Crippen LogP contribution in [0.2, 0.25) is 0 Å². The van der Waals surface area contributed by atoms with Crippen LogP contribution in [0.25, 0.3) is 6.08 Å². The first-order valence-corrected chi connectivity index (χ1v) is 7.28. The lowest BCUT2D eigenvalue weighted by Crippen LogP contribution is -2.40. The lowest BCUT2D eigenvalue weighted by atomic mass is 10.1. The molecule has 110 valence electrons. The topological polar surface area (TPSA) is 40.5 Å². The van der Waals surface area contributed by atoms with Gasteiger partial charge in [0.15, 0.2) is 0 Å². The third kappa shape index (κ3) is 4.82. The van der Waals surface area contributed by atoms with E-state index in [1.54, 1.807) is 11.0 Å². The summed E-state index contributed by atoms with van der Waals surface area (Å²) in [6, 6.07) is 8.21. The number of aryl methyl sites for hydroxylation is 1. The summed E-state index contributed by atoms with van der Waals surface area (Å²) in [6.45, 7) is 6.55. The quantitative estimate of drug-likeness (QED) is 0.777. The molecule has 20 heavy (non-hydrogen) atoms. The molecule has 0 unspecified atom stereocenters. The second-order valence-electron chi connectivity index (χ2n) is 4.97. The van der Waals surface area contributed by atoms with E-state index in [-0.39, 0.29) is 18.6 Å².